The van der Waals surface area contributed by atoms with Gasteiger partial charge in [0, 0.05) is 18.5 Å². The third-order valence-corrected chi connectivity index (χ3v) is 4.97. The van der Waals surface area contributed by atoms with Crippen LogP contribution in [0.3, 0.4) is 0 Å². The second-order valence-electron chi connectivity index (χ2n) is 4.82. The van der Waals surface area contributed by atoms with Crippen LogP contribution in [0.15, 0.2) is 29.2 Å². The highest BCUT2D eigenvalue weighted by molar-refractivity contribution is 7.89. The van der Waals surface area contributed by atoms with Crippen LogP contribution in [0.5, 0.6) is 0 Å². The summed E-state index contributed by atoms with van der Waals surface area (Å²) < 4.78 is 24.9. The lowest BCUT2D eigenvalue weighted by Gasteiger charge is -2.14. The number of carboxylic acid groups (broad SMARTS) is 1. The smallest absolute Gasteiger partial charge is 0.318 e. The highest BCUT2D eigenvalue weighted by atomic mass is 32.2. The van der Waals surface area contributed by atoms with Gasteiger partial charge in [-0.1, -0.05) is 12.1 Å². The van der Waals surface area contributed by atoms with E-state index in [4.69, 9.17) is 5.11 Å². The van der Waals surface area contributed by atoms with Gasteiger partial charge < -0.3 is 5.11 Å². The molecular weight excluding hydrogens is 282 g/mol. The molecule has 2 rings (SSSR count). The van der Waals surface area contributed by atoms with Gasteiger partial charge in [-0.2, -0.15) is 4.31 Å². The molecule has 0 aliphatic heterocycles. The molecule has 1 saturated carbocycles. The van der Waals surface area contributed by atoms with E-state index in [1.165, 1.54) is 31.3 Å². The first kappa shape index (κ1) is 14.7. The molecule has 0 heterocycles. The number of likely N-dealkylation sites (N-methyl/N-ethyl adjacent to an activating group) is 1. The van der Waals surface area contributed by atoms with Crippen molar-refractivity contribution in [2.75, 3.05) is 13.6 Å². The number of benzene rings is 1. The first-order valence-electron chi connectivity index (χ1n) is 6.15. The second kappa shape index (κ2) is 5.34. The van der Waals surface area contributed by atoms with Crippen LogP contribution in [0.4, 0.5) is 0 Å². The first-order valence-corrected chi connectivity index (χ1v) is 7.59. The van der Waals surface area contributed by atoms with E-state index in [-0.39, 0.29) is 16.6 Å². The highest BCUT2D eigenvalue weighted by Gasteiger charge is 2.30. The summed E-state index contributed by atoms with van der Waals surface area (Å²) in [7, 11) is -2.64. The van der Waals surface area contributed by atoms with E-state index in [1.807, 2.05) is 0 Å². The second-order valence-corrected chi connectivity index (χ2v) is 6.86. The molecule has 1 N–H and O–H groups in total. The van der Waals surface area contributed by atoms with Gasteiger partial charge in [0.2, 0.25) is 10.0 Å². The molecule has 108 valence electrons. The Morgan fingerprint density at radius 2 is 1.80 bits per heavy atom. The molecule has 7 heteroatoms. The lowest BCUT2D eigenvalue weighted by Crippen LogP contribution is -2.32. The number of hydrogen-bond acceptors (Lipinski definition) is 4. The zero-order valence-electron chi connectivity index (χ0n) is 10.9. The van der Waals surface area contributed by atoms with Crippen LogP contribution in [0, 0.1) is 5.92 Å². The van der Waals surface area contributed by atoms with E-state index >= 15 is 0 Å². The standard InChI is InChI=1S/C13H15NO5S/c1-14(8-12(15)16)20(18,19)11-6-4-10(5-7-11)13(17)9-2-3-9/h4-7,9H,2-3,8H2,1H3,(H,15,16). The highest BCUT2D eigenvalue weighted by Crippen LogP contribution is 2.32. The van der Waals surface area contributed by atoms with E-state index in [9.17, 15) is 18.0 Å². The molecule has 1 fully saturated rings. The van der Waals surface area contributed by atoms with Gasteiger partial charge in [0.1, 0.15) is 6.54 Å². The van der Waals surface area contributed by atoms with Crippen molar-refractivity contribution in [3.63, 3.8) is 0 Å². The maximum absolute atomic E-state index is 12.1. The number of Topliss-reactive ketones (excluding diaryl/α,β-unsaturated/α-hetero) is 1. The summed E-state index contributed by atoms with van der Waals surface area (Å²) in [5.41, 5.74) is 0.493. The van der Waals surface area contributed by atoms with Crippen LogP contribution in [0.1, 0.15) is 23.2 Å². The Morgan fingerprint density at radius 1 is 1.25 bits per heavy atom. The van der Waals surface area contributed by atoms with Crippen molar-refractivity contribution in [3.8, 4) is 0 Å². The minimum absolute atomic E-state index is 0.0198. The molecule has 20 heavy (non-hydrogen) atoms. The number of nitrogens with zero attached hydrogens (tertiary/aromatic N) is 1. The number of carbonyl (C=O) groups is 2. The number of aliphatic carboxylic acids is 1. The molecule has 1 aliphatic rings. The van der Waals surface area contributed by atoms with E-state index in [0.717, 1.165) is 17.1 Å². The molecular formula is C13H15NO5S. The molecule has 0 unspecified atom stereocenters. The normalized spacial score (nSPS) is 15.3. The number of hydrogen-bond donors (Lipinski definition) is 1. The molecule has 0 amide bonds. The van der Waals surface area contributed by atoms with Crippen LogP contribution in [-0.2, 0) is 14.8 Å². The van der Waals surface area contributed by atoms with E-state index < -0.39 is 22.5 Å². The minimum atomic E-state index is -3.84. The molecule has 0 atom stereocenters. The summed E-state index contributed by atoms with van der Waals surface area (Å²) in [6.07, 6.45) is 1.78. The molecule has 0 saturated heterocycles. The largest absolute Gasteiger partial charge is 0.480 e. The summed E-state index contributed by atoms with van der Waals surface area (Å²) in [6, 6.07) is 5.62. The summed E-state index contributed by atoms with van der Waals surface area (Å²) in [5, 5.41) is 8.63. The van der Waals surface area contributed by atoms with Crippen molar-refractivity contribution in [2.45, 2.75) is 17.7 Å². The zero-order chi connectivity index (χ0) is 14.9. The predicted molar refractivity (Wildman–Crippen MR) is 70.9 cm³/mol. The van der Waals surface area contributed by atoms with Gasteiger partial charge in [-0.05, 0) is 25.0 Å². The van der Waals surface area contributed by atoms with Gasteiger partial charge >= 0.3 is 5.97 Å². The lowest BCUT2D eigenvalue weighted by atomic mass is 10.1. The maximum Gasteiger partial charge on any atom is 0.318 e. The Bertz CT molecular complexity index is 631. The van der Waals surface area contributed by atoms with Crippen LogP contribution in [-0.4, -0.2) is 43.2 Å². The summed E-state index contributed by atoms with van der Waals surface area (Å²) in [5.74, 6) is -1.11. The van der Waals surface area contributed by atoms with Crippen LogP contribution >= 0.6 is 0 Å². The van der Waals surface area contributed by atoms with Gasteiger partial charge in [-0.3, -0.25) is 9.59 Å². The maximum atomic E-state index is 12.1. The van der Waals surface area contributed by atoms with Crippen molar-refractivity contribution in [2.24, 2.45) is 5.92 Å². The number of carboxylic acids is 1. The number of ketones is 1. The SMILES string of the molecule is CN(CC(=O)O)S(=O)(=O)c1ccc(C(=O)C2CC2)cc1. The molecule has 0 aromatic heterocycles. The minimum Gasteiger partial charge on any atom is -0.480 e. The number of carbonyl (C=O) groups excluding carboxylic acids is 1. The van der Waals surface area contributed by atoms with E-state index in [1.54, 1.807) is 0 Å². The summed E-state index contributed by atoms with van der Waals surface area (Å²) in [4.78, 5) is 22.4. The van der Waals surface area contributed by atoms with Crippen LogP contribution < -0.4 is 0 Å². The van der Waals surface area contributed by atoms with Crippen molar-refractivity contribution >= 4 is 21.8 Å². The Kier molecular flexibility index (Phi) is 3.92. The van der Waals surface area contributed by atoms with E-state index in [2.05, 4.69) is 0 Å². The molecule has 0 spiro atoms. The Labute approximate surface area is 117 Å². The predicted octanol–water partition coefficient (Wildman–Crippen LogP) is 0.984. The van der Waals surface area contributed by atoms with E-state index in [0.29, 0.717) is 5.56 Å². The molecule has 1 aromatic rings. The Morgan fingerprint density at radius 3 is 2.25 bits per heavy atom. The third-order valence-electron chi connectivity index (χ3n) is 3.15. The molecule has 6 nitrogen and oxygen atoms in total. The van der Waals surface area contributed by atoms with Crippen LogP contribution in [0.25, 0.3) is 0 Å². The first-order chi connectivity index (χ1) is 9.32. The molecule has 1 aromatic carbocycles. The van der Waals surface area contributed by atoms with Gasteiger partial charge in [-0.25, -0.2) is 8.42 Å². The Hall–Kier alpha value is -1.73. The van der Waals surface area contributed by atoms with Crippen molar-refractivity contribution in [1.82, 2.24) is 4.31 Å². The monoisotopic (exact) mass is 297 g/mol. The molecule has 1 aliphatic carbocycles. The van der Waals surface area contributed by atoms with Gasteiger partial charge in [-0.15, -0.1) is 0 Å². The third kappa shape index (κ3) is 3.05. The quantitative estimate of drug-likeness (QED) is 0.790. The van der Waals surface area contributed by atoms with Gasteiger partial charge in [0.15, 0.2) is 5.78 Å². The molecule has 0 bridgehead atoms. The number of sulfonamides is 1. The topological polar surface area (TPSA) is 91.8 Å². The fourth-order valence-corrected chi connectivity index (χ4v) is 2.95. The zero-order valence-corrected chi connectivity index (χ0v) is 11.8. The summed E-state index contributed by atoms with van der Waals surface area (Å²) in [6.45, 7) is -0.606. The molecule has 0 radical (unpaired) electrons. The van der Waals surface area contributed by atoms with Crippen molar-refractivity contribution in [3.05, 3.63) is 29.8 Å². The fraction of sp³-hybridized carbons (Fsp3) is 0.385. The van der Waals surface area contributed by atoms with Crippen molar-refractivity contribution in [1.29, 1.82) is 0 Å². The van der Waals surface area contributed by atoms with Crippen LogP contribution in [0.2, 0.25) is 0 Å². The van der Waals surface area contributed by atoms with Gasteiger partial charge in [0.25, 0.3) is 0 Å². The Balaban J connectivity index is 2.20. The average Bonchev–Trinajstić information content (AvgIpc) is 3.21. The van der Waals surface area contributed by atoms with Crippen molar-refractivity contribution < 1.29 is 23.1 Å². The van der Waals surface area contributed by atoms with Gasteiger partial charge in [0.05, 0.1) is 4.90 Å². The number of rotatable bonds is 6. The summed E-state index contributed by atoms with van der Waals surface area (Å²) >= 11 is 0. The lowest BCUT2D eigenvalue weighted by molar-refractivity contribution is -0.137. The fourth-order valence-electron chi connectivity index (χ4n) is 1.83. The average molecular weight is 297 g/mol.